The number of ether oxygens (including phenoxy) is 1. The number of rotatable bonds is 2. The van der Waals surface area contributed by atoms with Crippen LogP contribution in [0.3, 0.4) is 0 Å². The fraction of sp³-hybridized carbons (Fsp3) is 0.357. The standard InChI is InChI=1S/C14H16O2/c1-11(15)16-14-10-6-5-9-13(14)12-7-3-2-4-8-12/h2-4,7-9,14H,5-6,10H2,1H3. The molecule has 0 radical (unpaired) electrons. The van der Waals surface area contributed by atoms with E-state index in [0.717, 1.165) is 30.4 Å². The Bertz CT molecular complexity index is 392. The van der Waals surface area contributed by atoms with Crippen LogP contribution in [0.2, 0.25) is 0 Å². The summed E-state index contributed by atoms with van der Waals surface area (Å²) >= 11 is 0. The molecule has 2 nitrogen and oxygen atoms in total. The molecule has 0 N–H and O–H groups in total. The number of allylic oxidation sites excluding steroid dienone is 1. The number of esters is 1. The SMILES string of the molecule is CC(=O)OC1CCCC=C1c1ccccc1. The van der Waals surface area contributed by atoms with E-state index in [1.807, 2.05) is 18.2 Å². The molecule has 0 amide bonds. The van der Waals surface area contributed by atoms with Gasteiger partial charge in [0.05, 0.1) is 0 Å². The molecule has 1 aliphatic rings. The van der Waals surface area contributed by atoms with Gasteiger partial charge in [0.25, 0.3) is 0 Å². The largest absolute Gasteiger partial charge is 0.458 e. The maximum atomic E-state index is 11.0. The van der Waals surface area contributed by atoms with Crippen molar-refractivity contribution in [3.05, 3.63) is 42.0 Å². The monoisotopic (exact) mass is 216 g/mol. The summed E-state index contributed by atoms with van der Waals surface area (Å²) in [6.07, 6.45) is 5.22. The first-order chi connectivity index (χ1) is 7.77. The second kappa shape index (κ2) is 4.97. The molecule has 1 aromatic carbocycles. The minimum absolute atomic E-state index is 0.0614. The molecule has 0 fully saturated rings. The quantitative estimate of drug-likeness (QED) is 0.710. The lowest BCUT2D eigenvalue weighted by molar-refractivity contribution is -0.144. The van der Waals surface area contributed by atoms with Crippen LogP contribution in [-0.2, 0) is 9.53 Å². The van der Waals surface area contributed by atoms with Crippen LogP contribution < -0.4 is 0 Å². The van der Waals surface area contributed by atoms with Gasteiger partial charge in [-0.1, -0.05) is 36.4 Å². The number of hydrogen-bond donors (Lipinski definition) is 0. The van der Waals surface area contributed by atoms with E-state index in [4.69, 9.17) is 4.74 Å². The van der Waals surface area contributed by atoms with E-state index < -0.39 is 0 Å². The molecule has 0 bridgehead atoms. The summed E-state index contributed by atoms with van der Waals surface area (Å²) in [5.41, 5.74) is 2.32. The van der Waals surface area contributed by atoms with Crippen LogP contribution in [0, 0.1) is 0 Å². The number of benzene rings is 1. The third-order valence-corrected chi connectivity index (χ3v) is 2.80. The highest BCUT2D eigenvalue weighted by Gasteiger charge is 2.21. The normalized spacial score (nSPS) is 20.1. The van der Waals surface area contributed by atoms with Crippen LogP contribution in [0.5, 0.6) is 0 Å². The molecule has 1 aliphatic carbocycles. The second-order valence-corrected chi connectivity index (χ2v) is 4.05. The highest BCUT2D eigenvalue weighted by Crippen LogP contribution is 2.29. The van der Waals surface area contributed by atoms with Crippen molar-refractivity contribution >= 4 is 11.5 Å². The zero-order valence-electron chi connectivity index (χ0n) is 9.48. The molecule has 1 unspecified atom stereocenters. The molecule has 0 aromatic heterocycles. The van der Waals surface area contributed by atoms with Crippen LogP contribution in [0.15, 0.2) is 36.4 Å². The Morgan fingerprint density at radius 3 is 2.75 bits per heavy atom. The van der Waals surface area contributed by atoms with Crippen molar-refractivity contribution in [3.8, 4) is 0 Å². The maximum absolute atomic E-state index is 11.0. The first-order valence-electron chi connectivity index (χ1n) is 5.70. The molecule has 1 atom stereocenters. The fourth-order valence-corrected chi connectivity index (χ4v) is 2.10. The Kier molecular flexibility index (Phi) is 3.40. The molecule has 2 heteroatoms. The summed E-state index contributed by atoms with van der Waals surface area (Å²) < 4.78 is 5.35. The van der Waals surface area contributed by atoms with Gasteiger partial charge in [-0.25, -0.2) is 0 Å². The van der Waals surface area contributed by atoms with E-state index >= 15 is 0 Å². The Labute approximate surface area is 95.9 Å². The Hall–Kier alpha value is -1.57. The smallest absolute Gasteiger partial charge is 0.303 e. The van der Waals surface area contributed by atoms with Crippen molar-refractivity contribution in [2.45, 2.75) is 32.3 Å². The number of hydrogen-bond acceptors (Lipinski definition) is 2. The van der Waals surface area contributed by atoms with Crippen molar-refractivity contribution in [3.63, 3.8) is 0 Å². The Morgan fingerprint density at radius 2 is 2.06 bits per heavy atom. The Morgan fingerprint density at radius 1 is 1.31 bits per heavy atom. The van der Waals surface area contributed by atoms with E-state index in [0.29, 0.717) is 0 Å². The molecule has 0 saturated heterocycles. The zero-order valence-corrected chi connectivity index (χ0v) is 9.48. The first kappa shape index (κ1) is 10.9. The van der Waals surface area contributed by atoms with Gasteiger partial charge in [0.1, 0.15) is 6.10 Å². The van der Waals surface area contributed by atoms with Gasteiger partial charge in [0.15, 0.2) is 0 Å². The molecule has 0 aliphatic heterocycles. The van der Waals surface area contributed by atoms with Crippen molar-refractivity contribution in [1.29, 1.82) is 0 Å². The molecule has 0 heterocycles. The van der Waals surface area contributed by atoms with E-state index in [1.54, 1.807) is 0 Å². The highest BCUT2D eigenvalue weighted by atomic mass is 16.5. The third kappa shape index (κ3) is 2.51. The van der Waals surface area contributed by atoms with Gasteiger partial charge in [-0.15, -0.1) is 0 Å². The third-order valence-electron chi connectivity index (χ3n) is 2.80. The lowest BCUT2D eigenvalue weighted by Crippen LogP contribution is -2.20. The highest BCUT2D eigenvalue weighted by molar-refractivity contribution is 5.73. The van der Waals surface area contributed by atoms with Crippen molar-refractivity contribution in [2.75, 3.05) is 0 Å². The minimum Gasteiger partial charge on any atom is -0.458 e. The van der Waals surface area contributed by atoms with Gasteiger partial charge in [-0.05, 0) is 30.4 Å². The topological polar surface area (TPSA) is 26.3 Å². The second-order valence-electron chi connectivity index (χ2n) is 4.05. The van der Waals surface area contributed by atoms with Crippen molar-refractivity contribution < 1.29 is 9.53 Å². The molecule has 0 saturated carbocycles. The Balaban J connectivity index is 2.23. The van der Waals surface area contributed by atoms with E-state index in [2.05, 4.69) is 18.2 Å². The van der Waals surface area contributed by atoms with E-state index in [9.17, 15) is 4.79 Å². The summed E-state index contributed by atoms with van der Waals surface area (Å²) in [5, 5.41) is 0. The molecule has 2 rings (SSSR count). The van der Waals surface area contributed by atoms with Gasteiger partial charge < -0.3 is 4.74 Å². The summed E-state index contributed by atoms with van der Waals surface area (Å²) in [7, 11) is 0. The van der Waals surface area contributed by atoms with Crippen LogP contribution in [-0.4, -0.2) is 12.1 Å². The van der Waals surface area contributed by atoms with E-state index in [1.165, 1.54) is 6.92 Å². The van der Waals surface area contributed by atoms with Crippen LogP contribution in [0.25, 0.3) is 5.57 Å². The van der Waals surface area contributed by atoms with Gasteiger partial charge in [-0.3, -0.25) is 4.79 Å². The van der Waals surface area contributed by atoms with Gasteiger partial charge in [0.2, 0.25) is 0 Å². The predicted molar refractivity (Wildman–Crippen MR) is 63.8 cm³/mol. The van der Waals surface area contributed by atoms with Gasteiger partial charge in [0, 0.05) is 6.92 Å². The van der Waals surface area contributed by atoms with Crippen LogP contribution in [0.4, 0.5) is 0 Å². The summed E-state index contributed by atoms with van der Waals surface area (Å²) in [4.78, 5) is 11.0. The summed E-state index contributed by atoms with van der Waals surface area (Å²) in [6.45, 7) is 1.47. The molecule has 84 valence electrons. The average Bonchev–Trinajstić information content (AvgIpc) is 2.30. The van der Waals surface area contributed by atoms with Gasteiger partial charge >= 0.3 is 5.97 Å². The van der Waals surface area contributed by atoms with Crippen molar-refractivity contribution in [1.82, 2.24) is 0 Å². The maximum Gasteiger partial charge on any atom is 0.303 e. The zero-order chi connectivity index (χ0) is 11.4. The predicted octanol–water partition coefficient (Wildman–Crippen LogP) is 3.19. The minimum atomic E-state index is -0.200. The van der Waals surface area contributed by atoms with Crippen LogP contribution >= 0.6 is 0 Å². The van der Waals surface area contributed by atoms with Gasteiger partial charge in [-0.2, -0.15) is 0 Å². The van der Waals surface area contributed by atoms with E-state index in [-0.39, 0.29) is 12.1 Å². The molecular weight excluding hydrogens is 200 g/mol. The van der Waals surface area contributed by atoms with Crippen molar-refractivity contribution in [2.24, 2.45) is 0 Å². The lowest BCUT2D eigenvalue weighted by Gasteiger charge is -2.24. The molecular formula is C14H16O2. The molecule has 0 spiro atoms. The summed E-state index contributed by atoms with van der Waals surface area (Å²) in [6, 6.07) is 10.1. The fourth-order valence-electron chi connectivity index (χ4n) is 2.10. The average molecular weight is 216 g/mol. The number of carbonyl (C=O) groups is 1. The molecule has 16 heavy (non-hydrogen) atoms. The summed E-state index contributed by atoms with van der Waals surface area (Å²) in [5.74, 6) is -0.200. The first-order valence-corrected chi connectivity index (χ1v) is 5.70. The number of carbonyl (C=O) groups excluding carboxylic acids is 1. The molecule has 1 aromatic rings. The van der Waals surface area contributed by atoms with Crippen LogP contribution in [0.1, 0.15) is 31.7 Å². The lowest BCUT2D eigenvalue weighted by atomic mass is 9.91.